The summed E-state index contributed by atoms with van der Waals surface area (Å²) in [7, 11) is 1.44. The van der Waals surface area contributed by atoms with Crippen LogP contribution in [0.25, 0.3) is 0 Å². The third-order valence-corrected chi connectivity index (χ3v) is 3.05. The molecule has 0 saturated carbocycles. The Kier molecular flexibility index (Phi) is 5.68. The number of carbonyl (C=O) groups excluding carboxylic acids is 2. The summed E-state index contributed by atoms with van der Waals surface area (Å²) < 4.78 is 0. The molecule has 0 aliphatic carbocycles. The first-order valence-electron chi connectivity index (χ1n) is 6.96. The van der Waals surface area contributed by atoms with Gasteiger partial charge in [0.05, 0.1) is 0 Å². The zero-order chi connectivity index (χ0) is 16.9. The highest BCUT2D eigenvalue weighted by Gasteiger charge is 2.20. The van der Waals surface area contributed by atoms with Gasteiger partial charge in [0.2, 0.25) is 5.91 Å². The van der Waals surface area contributed by atoms with Crippen molar-refractivity contribution in [3.8, 4) is 0 Å². The number of nitrogens with one attached hydrogen (secondary N) is 1. The van der Waals surface area contributed by atoms with E-state index in [9.17, 15) is 14.4 Å². The first-order chi connectivity index (χ1) is 10.1. The van der Waals surface area contributed by atoms with Crippen LogP contribution in [0, 0.1) is 5.41 Å². The summed E-state index contributed by atoms with van der Waals surface area (Å²) in [6.07, 6.45) is 0. The predicted molar refractivity (Wildman–Crippen MR) is 82.3 cm³/mol. The van der Waals surface area contributed by atoms with Crippen LogP contribution in [0.1, 0.15) is 36.7 Å². The van der Waals surface area contributed by atoms with Gasteiger partial charge in [0.25, 0.3) is 5.91 Å². The quantitative estimate of drug-likeness (QED) is 0.863. The Morgan fingerprint density at radius 2 is 1.68 bits per heavy atom. The molecule has 1 aromatic carbocycles. The van der Waals surface area contributed by atoms with Gasteiger partial charge in [0.15, 0.2) is 0 Å². The normalized spacial score (nSPS) is 10.9. The number of nitrogens with zero attached hydrogens (tertiary/aromatic N) is 1. The van der Waals surface area contributed by atoms with E-state index in [1.807, 2.05) is 20.8 Å². The number of carboxylic acids is 1. The Labute approximate surface area is 130 Å². The van der Waals surface area contributed by atoms with Crippen LogP contribution in [-0.2, 0) is 16.1 Å². The van der Waals surface area contributed by atoms with E-state index in [1.54, 1.807) is 24.3 Å². The molecule has 0 aromatic heterocycles. The van der Waals surface area contributed by atoms with Crippen molar-refractivity contribution in [3.63, 3.8) is 0 Å². The van der Waals surface area contributed by atoms with Crippen LogP contribution in [0.15, 0.2) is 24.3 Å². The highest BCUT2D eigenvalue weighted by molar-refractivity contribution is 5.95. The van der Waals surface area contributed by atoms with Crippen molar-refractivity contribution in [1.82, 2.24) is 10.2 Å². The molecule has 0 fully saturated rings. The van der Waals surface area contributed by atoms with Crippen LogP contribution in [0.2, 0.25) is 0 Å². The maximum Gasteiger partial charge on any atom is 0.323 e. The second-order valence-electron chi connectivity index (χ2n) is 6.18. The molecule has 22 heavy (non-hydrogen) atoms. The molecule has 0 atom stereocenters. The summed E-state index contributed by atoms with van der Waals surface area (Å²) in [5.41, 5.74) is 0.833. The molecule has 0 spiro atoms. The van der Waals surface area contributed by atoms with Gasteiger partial charge < -0.3 is 15.3 Å². The van der Waals surface area contributed by atoms with E-state index in [0.717, 1.165) is 10.5 Å². The summed E-state index contributed by atoms with van der Waals surface area (Å²) in [4.78, 5) is 35.5. The van der Waals surface area contributed by atoms with Gasteiger partial charge in [0.1, 0.15) is 6.54 Å². The van der Waals surface area contributed by atoms with Crippen LogP contribution in [0.4, 0.5) is 0 Å². The smallest absolute Gasteiger partial charge is 0.323 e. The minimum Gasteiger partial charge on any atom is -0.480 e. The van der Waals surface area contributed by atoms with Crippen molar-refractivity contribution in [2.45, 2.75) is 27.3 Å². The first kappa shape index (κ1) is 17.7. The average molecular weight is 306 g/mol. The molecular formula is C16H22N2O4. The Morgan fingerprint density at radius 1 is 1.14 bits per heavy atom. The van der Waals surface area contributed by atoms with E-state index in [2.05, 4.69) is 5.32 Å². The summed E-state index contributed by atoms with van der Waals surface area (Å²) in [6.45, 7) is 5.55. The molecule has 2 amide bonds. The minimum absolute atomic E-state index is 0.0474. The monoisotopic (exact) mass is 306 g/mol. The maximum absolute atomic E-state index is 12.0. The summed E-state index contributed by atoms with van der Waals surface area (Å²) in [5.74, 6) is -1.46. The highest BCUT2D eigenvalue weighted by Crippen LogP contribution is 2.13. The molecule has 2 N–H and O–H groups in total. The SMILES string of the molecule is CN(CC(=O)O)C(=O)c1ccc(CNC(=O)C(C)(C)C)cc1. The number of hydrogen-bond donors (Lipinski definition) is 2. The summed E-state index contributed by atoms with van der Waals surface area (Å²) in [5, 5.41) is 11.5. The molecule has 6 heteroatoms. The van der Waals surface area contributed by atoms with Gasteiger partial charge in [-0.05, 0) is 17.7 Å². The standard InChI is InChI=1S/C16H22N2O4/c1-16(2,3)15(22)17-9-11-5-7-12(8-6-11)14(21)18(4)10-13(19)20/h5-8H,9-10H2,1-4H3,(H,17,22)(H,19,20). The third kappa shape index (κ3) is 5.20. The van der Waals surface area contributed by atoms with E-state index in [1.165, 1.54) is 7.05 Å². The fourth-order valence-electron chi connectivity index (χ4n) is 1.71. The van der Waals surface area contributed by atoms with Gasteiger partial charge in [-0.25, -0.2) is 0 Å². The number of amides is 2. The van der Waals surface area contributed by atoms with E-state index < -0.39 is 11.4 Å². The Bertz CT molecular complexity index is 559. The number of benzene rings is 1. The van der Waals surface area contributed by atoms with E-state index >= 15 is 0 Å². The zero-order valence-electron chi connectivity index (χ0n) is 13.3. The van der Waals surface area contributed by atoms with Crippen LogP contribution < -0.4 is 5.32 Å². The molecule has 1 rings (SSSR count). The Morgan fingerprint density at radius 3 is 2.14 bits per heavy atom. The molecule has 0 unspecified atom stereocenters. The Balaban J connectivity index is 2.65. The number of aliphatic carboxylic acids is 1. The molecule has 0 aliphatic heterocycles. The lowest BCUT2D eigenvalue weighted by Gasteiger charge is -2.18. The highest BCUT2D eigenvalue weighted by atomic mass is 16.4. The van der Waals surface area contributed by atoms with Gasteiger partial charge in [-0.1, -0.05) is 32.9 Å². The number of rotatable bonds is 5. The van der Waals surface area contributed by atoms with Crippen molar-refractivity contribution in [2.75, 3.05) is 13.6 Å². The molecule has 0 radical (unpaired) electrons. The molecule has 0 saturated heterocycles. The van der Waals surface area contributed by atoms with Crippen LogP contribution >= 0.6 is 0 Å². The maximum atomic E-state index is 12.0. The average Bonchev–Trinajstić information content (AvgIpc) is 2.42. The van der Waals surface area contributed by atoms with Crippen molar-refractivity contribution < 1.29 is 19.5 Å². The van der Waals surface area contributed by atoms with E-state index in [-0.39, 0.29) is 18.4 Å². The number of carbonyl (C=O) groups is 3. The molecule has 0 heterocycles. The topological polar surface area (TPSA) is 86.7 Å². The van der Waals surface area contributed by atoms with Crippen molar-refractivity contribution in [3.05, 3.63) is 35.4 Å². The lowest BCUT2D eigenvalue weighted by molar-refractivity contribution is -0.137. The van der Waals surface area contributed by atoms with E-state index in [4.69, 9.17) is 5.11 Å². The van der Waals surface area contributed by atoms with Gasteiger partial charge in [-0.2, -0.15) is 0 Å². The Hall–Kier alpha value is -2.37. The lowest BCUT2D eigenvalue weighted by Crippen LogP contribution is -2.34. The molecule has 0 aliphatic rings. The molecule has 120 valence electrons. The van der Waals surface area contributed by atoms with Crippen molar-refractivity contribution in [2.24, 2.45) is 5.41 Å². The van der Waals surface area contributed by atoms with Gasteiger partial charge in [0, 0.05) is 24.6 Å². The summed E-state index contributed by atoms with van der Waals surface area (Å²) in [6, 6.07) is 6.73. The minimum atomic E-state index is -1.06. The van der Waals surface area contributed by atoms with Crippen molar-refractivity contribution in [1.29, 1.82) is 0 Å². The first-order valence-corrected chi connectivity index (χ1v) is 6.96. The van der Waals surface area contributed by atoms with Crippen molar-refractivity contribution >= 4 is 17.8 Å². The number of carboxylic acid groups (broad SMARTS) is 1. The molecular weight excluding hydrogens is 284 g/mol. The molecule has 0 bridgehead atoms. The van der Waals surface area contributed by atoms with Crippen LogP contribution in [0.3, 0.4) is 0 Å². The number of hydrogen-bond acceptors (Lipinski definition) is 3. The second kappa shape index (κ2) is 7.06. The van der Waals surface area contributed by atoms with Gasteiger partial charge in [-0.3, -0.25) is 14.4 Å². The predicted octanol–water partition coefficient (Wildman–Crippen LogP) is 1.51. The summed E-state index contributed by atoms with van der Waals surface area (Å²) >= 11 is 0. The van der Waals surface area contributed by atoms with Gasteiger partial charge in [-0.15, -0.1) is 0 Å². The number of likely N-dealkylation sites (N-methyl/N-ethyl adjacent to an activating group) is 1. The van der Waals surface area contributed by atoms with Crippen LogP contribution in [-0.4, -0.2) is 41.4 Å². The van der Waals surface area contributed by atoms with Gasteiger partial charge >= 0.3 is 5.97 Å². The second-order valence-corrected chi connectivity index (χ2v) is 6.18. The van der Waals surface area contributed by atoms with E-state index in [0.29, 0.717) is 12.1 Å². The fourth-order valence-corrected chi connectivity index (χ4v) is 1.71. The largest absolute Gasteiger partial charge is 0.480 e. The lowest BCUT2D eigenvalue weighted by atomic mass is 9.95. The fraction of sp³-hybridized carbons (Fsp3) is 0.438. The molecule has 6 nitrogen and oxygen atoms in total. The third-order valence-electron chi connectivity index (χ3n) is 3.05. The zero-order valence-corrected chi connectivity index (χ0v) is 13.3. The molecule has 1 aromatic rings. The van der Waals surface area contributed by atoms with Crippen LogP contribution in [0.5, 0.6) is 0 Å².